The zero-order chi connectivity index (χ0) is 16.8. The lowest BCUT2D eigenvalue weighted by atomic mass is 10.4. The fraction of sp³-hybridized carbons (Fsp3) is 0.0769. The van der Waals surface area contributed by atoms with Gasteiger partial charge in [0, 0.05) is 0 Å². The van der Waals surface area contributed by atoms with Crippen molar-refractivity contribution in [1.82, 2.24) is 0 Å². The molecule has 0 aliphatic rings. The highest BCUT2D eigenvalue weighted by Crippen LogP contribution is 2.20. The molecule has 0 aliphatic heterocycles. The van der Waals surface area contributed by atoms with Crippen molar-refractivity contribution in [2.75, 3.05) is 0 Å². The van der Waals surface area contributed by atoms with E-state index in [9.17, 15) is 17.6 Å². The van der Waals surface area contributed by atoms with Crippen molar-refractivity contribution in [1.29, 1.82) is 0 Å². The molecule has 2 rings (SSSR count). The summed E-state index contributed by atoms with van der Waals surface area (Å²) < 4.78 is 74.1. The van der Waals surface area contributed by atoms with Gasteiger partial charge in [0.25, 0.3) is 0 Å². The fourth-order valence-corrected chi connectivity index (χ4v) is 3.31. The molecule has 0 aliphatic carbocycles. The zero-order valence-electron chi connectivity index (χ0n) is 10.7. The molecule has 2 aromatic rings. The van der Waals surface area contributed by atoms with Crippen LogP contribution in [0, 0.1) is 13.0 Å². The van der Waals surface area contributed by atoms with Crippen LogP contribution in [-0.2, 0) is 10.1 Å². The molecular formula is C13H9F4IO3S. The van der Waals surface area contributed by atoms with Gasteiger partial charge in [0.05, 0.1) is 0 Å². The summed E-state index contributed by atoms with van der Waals surface area (Å²) >= 11 is -0.151. The predicted molar refractivity (Wildman–Crippen MR) is 66.0 cm³/mol. The predicted octanol–water partition coefficient (Wildman–Crippen LogP) is 0.00550. The van der Waals surface area contributed by atoms with E-state index in [1.807, 2.05) is 30.3 Å². The largest absolute Gasteiger partial charge is 0.741 e. The van der Waals surface area contributed by atoms with Gasteiger partial charge in [-0.25, -0.2) is 12.8 Å². The molecule has 0 aromatic heterocycles. The molecule has 0 radical (unpaired) electrons. The van der Waals surface area contributed by atoms with Gasteiger partial charge in [0.1, 0.15) is 5.82 Å². The summed E-state index contributed by atoms with van der Waals surface area (Å²) in [5.74, 6) is -0.161. The number of hydrogen-bond donors (Lipinski definition) is 0. The molecule has 22 heavy (non-hydrogen) atoms. The van der Waals surface area contributed by atoms with Crippen molar-refractivity contribution >= 4 is 10.1 Å². The van der Waals surface area contributed by atoms with E-state index in [1.165, 1.54) is 19.3 Å². The highest BCUT2D eigenvalue weighted by atomic mass is 127. The summed E-state index contributed by atoms with van der Waals surface area (Å²) in [6.07, 6.45) is 0. The number of hydrogen-bond acceptors (Lipinski definition) is 3. The fourth-order valence-electron chi connectivity index (χ4n) is 1.10. The maximum Gasteiger partial charge on any atom is 0.485 e. The van der Waals surface area contributed by atoms with Crippen molar-refractivity contribution in [2.24, 2.45) is 0 Å². The standard InChI is InChI=1S/C12H9FI.CHF3O3S/c13-10-6-8-12(9-7-10)14-11-4-2-1-3-5-11;2-1(3,4)8(5,6)7/h1-9H;(H,5,6,7)/q+1;/p-1. The van der Waals surface area contributed by atoms with Gasteiger partial charge in [-0.1, -0.05) is 18.2 Å². The Morgan fingerprint density at radius 2 is 1.27 bits per heavy atom. The normalized spacial score (nSPS) is 11.5. The minimum absolute atomic E-state index is 0.151. The van der Waals surface area contributed by atoms with Crippen LogP contribution in [0.15, 0.2) is 54.6 Å². The minimum atomic E-state index is -6.09. The van der Waals surface area contributed by atoms with Gasteiger partial charge >= 0.3 is 26.7 Å². The summed E-state index contributed by atoms with van der Waals surface area (Å²) in [5.41, 5.74) is -5.65. The number of halogens is 5. The van der Waals surface area contributed by atoms with Crippen molar-refractivity contribution in [3.05, 3.63) is 67.6 Å². The molecule has 0 fully saturated rings. The van der Waals surface area contributed by atoms with Crippen LogP contribution in [0.2, 0.25) is 0 Å². The maximum atomic E-state index is 12.6. The lowest BCUT2D eigenvalue weighted by Crippen LogP contribution is -3.61. The van der Waals surface area contributed by atoms with Gasteiger partial charge in [-0.15, -0.1) is 0 Å². The third-order valence-electron chi connectivity index (χ3n) is 2.04. The van der Waals surface area contributed by atoms with Gasteiger partial charge in [0.2, 0.25) is 0 Å². The van der Waals surface area contributed by atoms with Crippen LogP contribution >= 0.6 is 0 Å². The Kier molecular flexibility index (Phi) is 6.75. The van der Waals surface area contributed by atoms with Crippen molar-refractivity contribution in [3.8, 4) is 0 Å². The maximum absolute atomic E-state index is 12.6. The molecule has 9 heteroatoms. The molecular weight excluding hydrogens is 439 g/mol. The molecule has 0 saturated carbocycles. The second-order valence-corrected chi connectivity index (χ2v) is 8.13. The van der Waals surface area contributed by atoms with Crippen molar-refractivity contribution in [2.45, 2.75) is 5.51 Å². The lowest BCUT2D eigenvalue weighted by Gasteiger charge is -2.08. The molecule has 0 heterocycles. The molecule has 0 unspecified atom stereocenters. The number of benzene rings is 2. The number of alkyl halides is 3. The van der Waals surface area contributed by atoms with Crippen molar-refractivity contribution < 1.29 is 51.7 Å². The molecule has 0 bridgehead atoms. The monoisotopic (exact) mass is 448 g/mol. The molecule has 0 amide bonds. The van der Waals surface area contributed by atoms with Gasteiger partial charge in [-0.2, -0.15) is 13.2 Å². The lowest BCUT2D eigenvalue weighted by molar-refractivity contribution is -0.597. The first-order chi connectivity index (χ1) is 10.1. The highest BCUT2D eigenvalue weighted by Gasteiger charge is 2.36. The minimum Gasteiger partial charge on any atom is -0.741 e. The molecule has 120 valence electrons. The highest BCUT2D eigenvalue weighted by molar-refractivity contribution is 7.86. The Balaban J connectivity index is 0.000000261. The summed E-state index contributed by atoms with van der Waals surface area (Å²) in [4.78, 5) is 0. The van der Waals surface area contributed by atoms with E-state index in [1.54, 1.807) is 0 Å². The summed E-state index contributed by atoms with van der Waals surface area (Å²) in [7, 11) is -6.09. The van der Waals surface area contributed by atoms with Gasteiger partial charge < -0.3 is 4.55 Å². The first kappa shape index (κ1) is 18.8. The third-order valence-corrected chi connectivity index (χ3v) is 5.29. The van der Waals surface area contributed by atoms with Crippen LogP contribution in [0.1, 0.15) is 0 Å². The van der Waals surface area contributed by atoms with Crippen LogP contribution in [-0.4, -0.2) is 18.5 Å². The average molecular weight is 448 g/mol. The van der Waals surface area contributed by atoms with Crippen LogP contribution < -0.4 is 21.2 Å². The second-order valence-electron chi connectivity index (χ2n) is 3.73. The van der Waals surface area contributed by atoms with E-state index in [0.29, 0.717) is 0 Å². The van der Waals surface area contributed by atoms with E-state index in [-0.39, 0.29) is 27.0 Å². The average Bonchev–Trinajstić information content (AvgIpc) is 2.41. The zero-order valence-corrected chi connectivity index (χ0v) is 13.7. The molecule has 0 spiro atoms. The quantitative estimate of drug-likeness (QED) is 0.282. The molecule has 0 saturated heterocycles. The Morgan fingerprint density at radius 1 is 0.864 bits per heavy atom. The Hall–Kier alpha value is -1.20. The Morgan fingerprint density at radius 3 is 1.68 bits per heavy atom. The van der Waals surface area contributed by atoms with E-state index < -0.39 is 15.6 Å². The van der Waals surface area contributed by atoms with E-state index in [2.05, 4.69) is 12.1 Å². The van der Waals surface area contributed by atoms with Crippen molar-refractivity contribution in [3.63, 3.8) is 0 Å². The van der Waals surface area contributed by atoms with E-state index in [4.69, 9.17) is 13.0 Å². The van der Waals surface area contributed by atoms with Gasteiger partial charge in [0.15, 0.2) is 17.3 Å². The topological polar surface area (TPSA) is 57.2 Å². The second kappa shape index (κ2) is 7.88. The van der Waals surface area contributed by atoms with Crippen LogP contribution in [0.4, 0.5) is 17.6 Å². The SMILES string of the molecule is Fc1ccc([I+]c2ccccc2)cc1.O=S(=O)([O-])C(F)(F)F. The first-order valence-electron chi connectivity index (χ1n) is 5.57. The van der Waals surface area contributed by atoms with Crippen LogP contribution in [0.5, 0.6) is 0 Å². The summed E-state index contributed by atoms with van der Waals surface area (Å²) in [6.45, 7) is 0. The molecule has 0 N–H and O–H groups in total. The summed E-state index contributed by atoms with van der Waals surface area (Å²) in [5, 5.41) is 0. The molecule has 2 aromatic carbocycles. The van der Waals surface area contributed by atoms with Crippen LogP contribution in [0.3, 0.4) is 0 Å². The molecule has 3 nitrogen and oxygen atoms in total. The van der Waals surface area contributed by atoms with E-state index in [0.717, 1.165) is 0 Å². The Labute approximate surface area is 135 Å². The Bertz CT molecular complexity index is 685. The van der Waals surface area contributed by atoms with Crippen LogP contribution in [0.25, 0.3) is 0 Å². The number of rotatable bonds is 2. The third kappa shape index (κ3) is 6.71. The van der Waals surface area contributed by atoms with Gasteiger partial charge in [-0.05, 0) is 36.4 Å². The smallest absolute Gasteiger partial charge is 0.485 e. The molecule has 0 atom stereocenters. The van der Waals surface area contributed by atoms with Gasteiger partial charge in [-0.3, -0.25) is 0 Å². The first-order valence-corrected chi connectivity index (χ1v) is 9.14. The van der Waals surface area contributed by atoms with E-state index >= 15 is 0 Å². The summed E-state index contributed by atoms with van der Waals surface area (Å²) in [6, 6.07) is 17.1.